The largest absolute Gasteiger partial charge is 0.309 e. The molecule has 9 aromatic carbocycles. The minimum absolute atomic E-state index is 0.651. The molecule has 12 aromatic rings. The van der Waals surface area contributed by atoms with Gasteiger partial charge in [-0.25, -0.2) is 9.97 Å². The Hall–Kier alpha value is -7.21. The van der Waals surface area contributed by atoms with E-state index in [1.54, 1.807) is 0 Å². The first-order chi connectivity index (χ1) is 28.2. The summed E-state index contributed by atoms with van der Waals surface area (Å²) in [5.41, 5.74) is 10.8. The summed E-state index contributed by atoms with van der Waals surface area (Å²) in [7, 11) is 0. The lowest BCUT2D eigenvalue weighted by Gasteiger charge is -2.13. The molecule has 0 saturated carbocycles. The van der Waals surface area contributed by atoms with Crippen LogP contribution in [-0.4, -0.2) is 19.1 Å². The zero-order valence-corrected chi connectivity index (χ0v) is 31.5. The third-order valence-corrected chi connectivity index (χ3v) is 11.9. The van der Waals surface area contributed by atoms with Crippen LogP contribution in [0.1, 0.15) is 0 Å². The van der Waals surface area contributed by atoms with Crippen LogP contribution in [0.2, 0.25) is 0 Å². The molecular weight excluding hydrogens is 713 g/mol. The lowest BCUT2D eigenvalue weighted by Crippen LogP contribution is -2.03. The van der Waals surface area contributed by atoms with Gasteiger partial charge in [0.05, 0.1) is 33.3 Å². The van der Waals surface area contributed by atoms with Gasteiger partial charge in [0.2, 0.25) is 5.95 Å². The van der Waals surface area contributed by atoms with E-state index in [1.807, 2.05) is 0 Å². The van der Waals surface area contributed by atoms with Gasteiger partial charge in [-0.3, -0.25) is 4.57 Å². The second-order valence-corrected chi connectivity index (χ2v) is 15.3. The molecular formula is C52H32N4S. The minimum Gasteiger partial charge on any atom is -0.309 e. The maximum atomic E-state index is 5.43. The maximum absolute atomic E-state index is 5.43. The zero-order chi connectivity index (χ0) is 37.6. The number of hydrogen-bond donors (Lipinski definition) is 1. The first-order valence-electron chi connectivity index (χ1n) is 19.2. The fourth-order valence-corrected chi connectivity index (χ4v) is 9.20. The van der Waals surface area contributed by atoms with Crippen LogP contribution in [0.25, 0.3) is 110 Å². The fraction of sp³-hybridized carbons (Fsp3) is 0. The van der Waals surface area contributed by atoms with Gasteiger partial charge in [0, 0.05) is 48.5 Å². The second-order valence-electron chi connectivity index (χ2n) is 14.8. The molecule has 0 N–H and O–H groups in total. The van der Waals surface area contributed by atoms with E-state index in [0.717, 1.165) is 82.1 Å². The zero-order valence-electron chi connectivity index (χ0n) is 30.6. The summed E-state index contributed by atoms with van der Waals surface area (Å²) in [6.45, 7) is 0. The van der Waals surface area contributed by atoms with Crippen molar-refractivity contribution in [1.29, 1.82) is 0 Å². The predicted octanol–water partition coefficient (Wildman–Crippen LogP) is 13.8. The number of benzene rings is 9. The van der Waals surface area contributed by atoms with Gasteiger partial charge >= 0.3 is 0 Å². The standard InChI is InChI=1S/C52H32N4S/c57-38-23-28-46-43(31-38)42-29-35(21-25-45(42)55(46)37-15-5-2-6-16-37)36-22-26-47-44(30-36)49-39-17-9-7-11-32(39)20-27-48(49)56(47)52-53-50(34-13-3-1-4-14-34)41-24-19-33-12-8-10-18-40(33)51(41)54-52/h1-31,57H. The Morgan fingerprint density at radius 1 is 0.368 bits per heavy atom. The van der Waals surface area contributed by atoms with E-state index in [0.29, 0.717) is 5.95 Å². The normalized spacial score (nSPS) is 11.9. The molecule has 0 aliphatic rings. The SMILES string of the molecule is Sc1ccc2c(c1)c1cc(-c3ccc4c(c3)c3c5ccccc5ccc3n4-c3nc(-c4ccccc4)c4ccc5ccccc5c4n3)ccc1n2-c1ccccc1. The van der Waals surface area contributed by atoms with Crippen molar-refractivity contribution < 1.29 is 0 Å². The highest BCUT2D eigenvalue weighted by molar-refractivity contribution is 7.80. The summed E-state index contributed by atoms with van der Waals surface area (Å²) < 4.78 is 4.61. The van der Waals surface area contributed by atoms with Gasteiger partial charge in [0.1, 0.15) is 0 Å². The van der Waals surface area contributed by atoms with Crippen LogP contribution in [0.3, 0.4) is 0 Å². The van der Waals surface area contributed by atoms with Crippen molar-refractivity contribution >= 4 is 88.7 Å². The van der Waals surface area contributed by atoms with Crippen LogP contribution in [0, 0.1) is 0 Å². The molecule has 57 heavy (non-hydrogen) atoms. The highest BCUT2D eigenvalue weighted by Crippen LogP contribution is 2.41. The van der Waals surface area contributed by atoms with Crippen LogP contribution >= 0.6 is 12.6 Å². The smallest absolute Gasteiger partial charge is 0.235 e. The molecule has 3 heterocycles. The first kappa shape index (κ1) is 32.1. The molecule has 266 valence electrons. The summed E-state index contributed by atoms with van der Waals surface area (Å²) in [5, 5.41) is 10.4. The molecule has 3 aromatic heterocycles. The molecule has 0 fully saturated rings. The molecule has 0 spiro atoms. The van der Waals surface area contributed by atoms with E-state index in [2.05, 4.69) is 197 Å². The molecule has 4 nitrogen and oxygen atoms in total. The van der Waals surface area contributed by atoms with Crippen molar-refractivity contribution in [3.8, 4) is 34.0 Å². The Morgan fingerprint density at radius 3 is 1.72 bits per heavy atom. The predicted molar refractivity (Wildman–Crippen MR) is 241 cm³/mol. The summed E-state index contributed by atoms with van der Waals surface area (Å²) in [4.78, 5) is 11.8. The molecule has 12 rings (SSSR count). The maximum Gasteiger partial charge on any atom is 0.235 e. The van der Waals surface area contributed by atoms with Crippen molar-refractivity contribution in [3.63, 3.8) is 0 Å². The van der Waals surface area contributed by atoms with E-state index in [-0.39, 0.29) is 0 Å². The average molecular weight is 745 g/mol. The Balaban J connectivity index is 1.14. The molecule has 0 aliphatic carbocycles. The Kier molecular flexibility index (Phi) is 6.98. The van der Waals surface area contributed by atoms with E-state index >= 15 is 0 Å². The summed E-state index contributed by atoms with van der Waals surface area (Å²) in [6, 6.07) is 67.2. The van der Waals surface area contributed by atoms with Crippen LogP contribution < -0.4 is 0 Å². The van der Waals surface area contributed by atoms with Crippen molar-refractivity contribution in [3.05, 3.63) is 188 Å². The monoisotopic (exact) mass is 744 g/mol. The van der Waals surface area contributed by atoms with Gasteiger partial charge in [-0.05, 0) is 94.0 Å². The molecule has 5 heteroatoms. The highest BCUT2D eigenvalue weighted by atomic mass is 32.1. The fourth-order valence-electron chi connectivity index (χ4n) is 9.00. The van der Waals surface area contributed by atoms with E-state index < -0.39 is 0 Å². The van der Waals surface area contributed by atoms with Gasteiger partial charge in [0.15, 0.2) is 0 Å². The summed E-state index contributed by atoms with van der Waals surface area (Å²) >= 11 is 4.76. The van der Waals surface area contributed by atoms with Crippen molar-refractivity contribution in [1.82, 2.24) is 19.1 Å². The lowest BCUT2D eigenvalue weighted by molar-refractivity contribution is 1.02. The number of nitrogens with zero attached hydrogens (tertiary/aromatic N) is 4. The average Bonchev–Trinajstić information content (AvgIpc) is 3.78. The van der Waals surface area contributed by atoms with Gasteiger partial charge in [-0.15, -0.1) is 12.6 Å². The van der Waals surface area contributed by atoms with Gasteiger partial charge < -0.3 is 4.57 Å². The molecule has 0 unspecified atom stereocenters. The topological polar surface area (TPSA) is 35.6 Å². The van der Waals surface area contributed by atoms with Crippen LogP contribution in [0.4, 0.5) is 0 Å². The number of thiol groups is 1. The number of aromatic nitrogens is 4. The Morgan fingerprint density at radius 2 is 0.947 bits per heavy atom. The first-order valence-corrected chi connectivity index (χ1v) is 19.7. The minimum atomic E-state index is 0.651. The molecule has 0 radical (unpaired) electrons. The number of rotatable bonds is 4. The van der Waals surface area contributed by atoms with E-state index in [1.165, 1.54) is 26.9 Å². The summed E-state index contributed by atoms with van der Waals surface area (Å²) in [6.07, 6.45) is 0. The highest BCUT2D eigenvalue weighted by Gasteiger charge is 2.21. The van der Waals surface area contributed by atoms with E-state index in [4.69, 9.17) is 22.6 Å². The molecule has 0 saturated heterocycles. The van der Waals surface area contributed by atoms with Crippen LogP contribution in [0.15, 0.2) is 193 Å². The number of hydrogen-bond acceptors (Lipinski definition) is 3. The lowest BCUT2D eigenvalue weighted by atomic mass is 9.99. The van der Waals surface area contributed by atoms with Gasteiger partial charge in [-0.2, -0.15) is 0 Å². The van der Waals surface area contributed by atoms with Crippen LogP contribution in [0.5, 0.6) is 0 Å². The third-order valence-electron chi connectivity index (χ3n) is 11.6. The van der Waals surface area contributed by atoms with Crippen molar-refractivity contribution in [2.45, 2.75) is 4.90 Å². The quantitative estimate of drug-likeness (QED) is 0.144. The van der Waals surface area contributed by atoms with Gasteiger partial charge in [0.25, 0.3) is 0 Å². The molecule has 0 aliphatic heterocycles. The van der Waals surface area contributed by atoms with Gasteiger partial charge in [-0.1, -0.05) is 121 Å². The Bertz CT molecular complexity index is 3580. The van der Waals surface area contributed by atoms with E-state index in [9.17, 15) is 0 Å². The molecule has 0 atom stereocenters. The van der Waals surface area contributed by atoms with Crippen molar-refractivity contribution in [2.24, 2.45) is 0 Å². The molecule has 0 amide bonds. The summed E-state index contributed by atoms with van der Waals surface area (Å²) in [5.74, 6) is 0.651. The number of fused-ring (bicyclic) bond motifs is 11. The third kappa shape index (κ3) is 4.89. The van der Waals surface area contributed by atoms with Crippen molar-refractivity contribution in [2.75, 3.05) is 0 Å². The second kappa shape index (κ2) is 12.4. The number of para-hydroxylation sites is 1. The Labute approximate surface area is 333 Å². The molecule has 0 bridgehead atoms. The van der Waals surface area contributed by atoms with Crippen LogP contribution in [-0.2, 0) is 0 Å².